The Hall–Kier alpha value is -1.24. The van der Waals surface area contributed by atoms with Crippen molar-refractivity contribution in [1.82, 2.24) is 15.6 Å². The molecule has 132 valence electrons. The number of halogens is 1. The molecule has 1 saturated carbocycles. The van der Waals surface area contributed by atoms with Gasteiger partial charge in [-0.25, -0.2) is 0 Å². The molecular formula is C19H29IN4. The fourth-order valence-corrected chi connectivity index (χ4v) is 3.39. The smallest absolute Gasteiger partial charge is 0.191 e. The Kier molecular flexibility index (Phi) is 7.88. The highest BCUT2D eigenvalue weighted by Gasteiger charge is 2.14. The SMILES string of the molecule is CCNC(=NCCc1c[nH]c2ccccc12)NC1CCCCC1.I. The molecule has 5 heteroatoms. The van der Waals surface area contributed by atoms with Gasteiger partial charge in [0.05, 0.1) is 0 Å². The van der Waals surface area contributed by atoms with Crippen molar-refractivity contribution in [2.45, 2.75) is 51.5 Å². The third-order valence-electron chi connectivity index (χ3n) is 4.62. The monoisotopic (exact) mass is 440 g/mol. The van der Waals surface area contributed by atoms with E-state index >= 15 is 0 Å². The average molecular weight is 440 g/mol. The lowest BCUT2D eigenvalue weighted by Gasteiger charge is -2.24. The number of fused-ring (bicyclic) bond motifs is 1. The molecule has 1 aromatic carbocycles. The molecule has 0 amide bonds. The third kappa shape index (κ3) is 5.13. The van der Waals surface area contributed by atoms with Gasteiger partial charge in [-0.1, -0.05) is 37.5 Å². The Balaban J connectivity index is 0.00000208. The molecule has 0 saturated heterocycles. The van der Waals surface area contributed by atoms with Crippen molar-refractivity contribution >= 4 is 40.8 Å². The predicted octanol–water partition coefficient (Wildman–Crippen LogP) is 4.22. The molecule has 0 aliphatic heterocycles. The van der Waals surface area contributed by atoms with Crippen LogP contribution in [0.5, 0.6) is 0 Å². The lowest BCUT2D eigenvalue weighted by atomic mass is 9.96. The quantitative estimate of drug-likeness (QED) is 0.371. The summed E-state index contributed by atoms with van der Waals surface area (Å²) in [6, 6.07) is 9.05. The molecule has 0 unspecified atom stereocenters. The van der Waals surface area contributed by atoms with Crippen molar-refractivity contribution < 1.29 is 0 Å². The van der Waals surface area contributed by atoms with E-state index in [9.17, 15) is 0 Å². The van der Waals surface area contributed by atoms with Crippen molar-refractivity contribution in [2.75, 3.05) is 13.1 Å². The maximum atomic E-state index is 4.77. The predicted molar refractivity (Wildman–Crippen MR) is 113 cm³/mol. The zero-order chi connectivity index (χ0) is 15.9. The average Bonchev–Trinajstić information content (AvgIpc) is 2.99. The molecule has 4 nitrogen and oxygen atoms in total. The Morgan fingerprint density at radius 2 is 2.00 bits per heavy atom. The molecule has 0 atom stereocenters. The number of benzene rings is 1. The summed E-state index contributed by atoms with van der Waals surface area (Å²) in [5.74, 6) is 0.972. The number of guanidine groups is 1. The number of para-hydroxylation sites is 1. The van der Waals surface area contributed by atoms with Crippen LogP contribution in [0.1, 0.15) is 44.6 Å². The molecule has 24 heavy (non-hydrogen) atoms. The van der Waals surface area contributed by atoms with E-state index < -0.39 is 0 Å². The zero-order valence-corrected chi connectivity index (χ0v) is 16.8. The van der Waals surface area contributed by atoms with Gasteiger partial charge in [0.15, 0.2) is 5.96 Å². The molecule has 3 rings (SSSR count). The first kappa shape index (κ1) is 19.1. The van der Waals surface area contributed by atoms with Crippen LogP contribution in [0.25, 0.3) is 10.9 Å². The van der Waals surface area contributed by atoms with Crippen molar-refractivity contribution in [3.05, 3.63) is 36.0 Å². The van der Waals surface area contributed by atoms with Crippen molar-refractivity contribution in [1.29, 1.82) is 0 Å². The molecule has 1 aliphatic carbocycles. The van der Waals surface area contributed by atoms with Crippen LogP contribution < -0.4 is 10.6 Å². The van der Waals surface area contributed by atoms with Gasteiger partial charge in [-0.15, -0.1) is 24.0 Å². The normalized spacial score (nSPS) is 16.0. The molecular weight excluding hydrogens is 411 g/mol. The largest absolute Gasteiger partial charge is 0.361 e. The minimum atomic E-state index is 0. The Morgan fingerprint density at radius 1 is 1.21 bits per heavy atom. The van der Waals surface area contributed by atoms with Crippen LogP contribution in [0.2, 0.25) is 0 Å². The van der Waals surface area contributed by atoms with Gasteiger partial charge in [0.2, 0.25) is 0 Å². The van der Waals surface area contributed by atoms with Crippen LogP contribution in [-0.2, 0) is 6.42 Å². The van der Waals surface area contributed by atoms with Gasteiger partial charge in [-0.05, 0) is 37.8 Å². The van der Waals surface area contributed by atoms with E-state index in [1.165, 1.54) is 48.6 Å². The maximum Gasteiger partial charge on any atom is 0.191 e. The van der Waals surface area contributed by atoms with E-state index in [1.54, 1.807) is 0 Å². The number of aromatic amines is 1. The van der Waals surface area contributed by atoms with E-state index in [4.69, 9.17) is 4.99 Å². The second kappa shape index (κ2) is 9.91. The molecule has 0 radical (unpaired) electrons. The lowest BCUT2D eigenvalue weighted by molar-refractivity contribution is 0.410. The maximum absolute atomic E-state index is 4.77. The van der Waals surface area contributed by atoms with Crippen LogP contribution in [-0.4, -0.2) is 30.1 Å². The topological polar surface area (TPSA) is 52.2 Å². The van der Waals surface area contributed by atoms with E-state index in [1.807, 2.05) is 0 Å². The molecule has 0 spiro atoms. The zero-order valence-electron chi connectivity index (χ0n) is 14.5. The van der Waals surface area contributed by atoms with E-state index in [0.29, 0.717) is 6.04 Å². The highest BCUT2D eigenvalue weighted by molar-refractivity contribution is 14.0. The fraction of sp³-hybridized carbons (Fsp3) is 0.526. The van der Waals surface area contributed by atoms with Gasteiger partial charge in [0, 0.05) is 36.2 Å². The minimum Gasteiger partial charge on any atom is -0.361 e. The van der Waals surface area contributed by atoms with Gasteiger partial charge in [0.25, 0.3) is 0 Å². The molecule has 0 bridgehead atoms. The molecule has 1 heterocycles. The number of aromatic nitrogens is 1. The number of nitrogens with one attached hydrogen (secondary N) is 3. The number of hydrogen-bond acceptors (Lipinski definition) is 1. The molecule has 1 aromatic heterocycles. The van der Waals surface area contributed by atoms with Crippen LogP contribution in [0.3, 0.4) is 0 Å². The van der Waals surface area contributed by atoms with Crippen molar-refractivity contribution in [3.63, 3.8) is 0 Å². The highest BCUT2D eigenvalue weighted by atomic mass is 127. The molecule has 1 aliphatic rings. The number of H-pyrrole nitrogens is 1. The van der Waals surface area contributed by atoms with Gasteiger partial charge in [-0.2, -0.15) is 0 Å². The molecule has 3 N–H and O–H groups in total. The fourth-order valence-electron chi connectivity index (χ4n) is 3.39. The van der Waals surface area contributed by atoms with E-state index in [2.05, 4.69) is 53.0 Å². The second-order valence-electron chi connectivity index (χ2n) is 6.35. The first-order valence-corrected chi connectivity index (χ1v) is 8.96. The van der Waals surface area contributed by atoms with Gasteiger partial charge in [0.1, 0.15) is 0 Å². The van der Waals surface area contributed by atoms with Crippen molar-refractivity contribution in [2.24, 2.45) is 4.99 Å². The summed E-state index contributed by atoms with van der Waals surface area (Å²) in [6.07, 6.45) is 9.68. The Morgan fingerprint density at radius 3 is 2.79 bits per heavy atom. The number of aliphatic imine (C=N–C) groups is 1. The first-order chi connectivity index (χ1) is 11.4. The van der Waals surface area contributed by atoms with Crippen LogP contribution in [0, 0.1) is 0 Å². The summed E-state index contributed by atoms with van der Waals surface area (Å²) in [6.45, 7) is 3.84. The summed E-state index contributed by atoms with van der Waals surface area (Å²) in [7, 11) is 0. The van der Waals surface area contributed by atoms with Crippen LogP contribution in [0.15, 0.2) is 35.5 Å². The minimum absolute atomic E-state index is 0. The van der Waals surface area contributed by atoms with Crippen LogP contribution >= 0.6 is 24.0 Å². The lowest BCUT2D eigenvalue weighted by Crippen LogP contribution is -2.44. The number of hydrogen-bond donors (Lipinski definition) is 3. The number of rotatable bonds is 5. The summed E-state index contributed by atoms with van der Waals surface area (Å²) < 4.78 is 0. The molecule has 1 fully saturated rings. The second-order valence-corrected chi connectivity index (χ2v) is 6.35. The van der Waals surface area contributed by atoms with Gasteiger partial charge < -0.3 is 15.6 Å². The highest BCUT2D eigenvalue weighted by Crippen LogP contribution is 2.18. The summed E-state index contributed by atoms with van der Waals surface area (Å²) in [4.78, 5) is 8.11. The van der Waals surface area contributed by atoms with E-state index in [-0.39, 0.29) is 24.0 Å². The standard InChI is InChI=1S/C19H28N4.HI/c1-2-20-19(23-16-8-4-3-5-9-16)21-13-12-15-14-22-18-11-7-6-10-17(15)18;/h6-7,10-11,14,16,22H,2-5,8-9,12-13H2,1H3,(H2,20,21,23);1H. The summed E-state index contributed by atoms with van der Waals surface area (Å²) in [5.41, 5.74) is 2.55. The molecule has 2 aromatic rings. The van der Waals surface area contributed by atoms with Crippen LogP contribution in [0.4, 0.5) is 0 Å². The Bertz CT molecular complexity index is 644. The number of nitrogens with zero attached hydrogens (tertiary/aromatic N) is 1. The van der Waals surface area contributed by atoms with Gasteiger partial charge in [-0.3, -0.25) is 4.99 Å². The van der Waals surface area contributed by atoms with Crippen molar-refractivity contribution in [3.8, 4) is 0 Å². The third-order valence-corrected chi connectivity index (χ3v) is 4.62. The first-order valence-electron chi connectivity index (χ1n) is 8.96. The summed E-state index contributed by atoms with van der Waals surface area (Å²) in [5, 5.41) is 8.30. The van der Waals surface area contributed by atoms with Gasteiger partial charge >= 0.3 is 0 Å². The van der Waals surface area contributed by atoms with E-state index in [0.717, 1.165) is 25.5 Å². The summed E-state index contributed by atoms with van der Waals surface area (Å²) >= 11 is 0. The Labute approximate surface area is 161 Å².